The molecule has 0 saturated carbocycles. The molecule has 2 aromatic heterocycles. The molecule has 0 amide bonds. The highest BCUT2D eigenvalue weighted by Crippen LogP contribution is 2.22. The van der Waals surface area contributed by atoms with E-state index in [1.807, 2.05) is 30.6 Å². The third-order valence-electron chi connectivity index (χ3n) is 5.90. The van der Waals surface area contributed by atoms with Crippen LogP contribution in [0.4, 0.5) is 4.39 Å². The number of halogens is 1. The average molecular weight is 478 g/mol. The Kier molecular flexibility index (Phi) is 8.05. The molecule has 182 valence electrons. The zero-order chi connectivity index (χ0) is 25.7. The van der Waals surface area contributed by atoms with E-state index in [-0.39, 0.29) is 11.4 Å². The molecule has 0 radical (unpaired) electrons. The molecule has 0 aliphatic carbocycles. The number of aryl methyl sites for hydroxylation is 2. The lowest BCUT2D eigenvalue weighted by Gasteiger charge is -2.10. The van der Waals surface area contributed by atoms with Crippen molar-refractivity contribution in [2.75, 3.05) is 20.3 Å². The van der Waals surface area contributed by atoms with Crippen LogP contribution in [0.25, 0.3) is 11.8 Å². The Balaban J connectivity index is 1.75. The first-order chi connectivity index (χ1) is 16.7. The van der Waals surface area contributed by atoms with Crippen LogP contribution in [0.3, 0.4) is 0 Å². The van der Waals surface area contributed by atoms with Gasteiger partial charge in [-0.3, -0.25) is 4.79 Å². The third kappa shape index (κ3) is 5.58. The lowest BCUT2D eigenvalue weighted by molar-refractivity contribution is -0.137. The number of carbonyl (C=O) groups excluding carboxylic acids is 2. The molecule has 8 heteroatoms. The van der Waals surface area contributed by atoms with Crippen molar-refractivity contribution in [3.05, 3.63) is 81.7 Å². The summed E-state index contributed by atoms with van der Waals surface area (Å²) in [5, 5.41) is 9.52. The van der Waals surface area contributed by atoms with Gasteiger partial charge in [0, 0.05) is 47.7 Å². The van der Waals surface area contributed by atoms with Gasteiger partial charge in [0.25, 0.3) is 0 Å². The Morgan fingerprint density at radius 1 is 1.09 bits per heavy atom. The number of esters is 1. The normalized spacial score (nSPS) is 11.4. The molecule has 1 aromatic carbocycles. The smallest absolute Gasteiger partial charge is 0.349 e. The van der Waals surface area contributed by atoms with Gasteiger partial charge >= 0.3 is 5.97 Å². The summed E-state index contributed by atoms with van der Waals surface area (Å²) in [6, 6.07) is 11.5. The van der Waals surface area contributed by atoms with E-state index in [1.54, 1.807) is 43.7 Å². The number of benzene rings is 1. The summed E-state index contributed by atoms with van der Waals surface area (Å²) in [7, 11) is 1.62. The van der Waals surface area contributed by atoms with Crippen molar-refractivity contribution in [3.63, 3.8) is 0 Å². The van der Waals surface area contributed by atoms with E-state index in [4.69, 9.17) is 9.47 Å². The number of ketones is 1. The minimum absolute atomic E-state index is 0.199. The second-order valence-corrected chi connectivity index (χ2v) is 8.24. The maximum Gasteiger partial charge on any atom is 0.349 e. The Morgan fingerprint density at radius 3 is 2.49 bits per heavy atom. The summed E-state index contributed by atoms with van der Waals surface area (Å²) in [5.74, 6) is -1.67. The molecule has 0 aliphatic heterocycles. The van der Waals surface area contributed by atoms with Crippen molar-refractivity contribution in [1.82, 2.24) is 9.13 Å². The maximum atomic E-state index is 13.7. The molecule has 35 heavy (non-hydrogen) atoms. The number of aromatic nitrogens is 2. The Bertz CT molecular complexity index is 1340. The van der Waals surface area contributed by atoms with Gasteiger partial charge in [0.1, 0.15) is 17.5 Å². The number of nitrogens with zero attached hydrogens (tertiary/aromatic N) is 3. The van der Waals surface area contributed by atoms with Crippen molar-refractivity contribution in [2.24, 2.45) is 0 Å². The molecular weight excluding hydrogens is 449 g/mol. The minimum Gasteiger partial charge on any atom is -0.453 e. The lowest BCUT2D eigenvalue weighted by atomic mass is 10.1. The molecule has 0 bridgehead atoms. The molecule has 3 rings (SSSR count). The molecule has 7 nitrogen and oxygen atoms in total. The van der Waals surface area contributed by atoms with Crippen molar-refractivity contribution >= 4 is 17.8 Å². The first-order valence-corrected chi connectivity index (χ1v) is 11.1. The van der Waals surface area contributed by atoms with E-state index in [1.165, 1.54) is 18.2 Å². The SMILES string of the molecule is COCCn1c(C)cc(/C=C(\C#N)C(=O)OCC(=O)c2cc(C)n(-c3cccc(F)c3)c2C)c1C. The van der Waals surface area contributed by atoms with Gasteiger partial charge in [-0.25, -0.2) is 9.18 Å². The summed E-state index contributed by atoms with van der Waals surface area (Å²) in [6.45, 7) is 8.05. The molecule has 3 aromatic rings. The molecule has 0 saturated heterocycles. The standard InChI is InChI=1S/C27H28FN3O4/c1-17-11-21(19(3)30(17)9-10-34-5)13-22(15-29)27(33)35-16-26(32)25-12-18(2)31(20(25)4)24-8-6-7-23(28)14-24/h6-8,11-14H,9-10,16H2,1-5H3/b22-13+. The van der Waals surface area contributed by atoms with E-state index in [0.717, 1.165) is 22.6 Å². The molecule has 0 fully saturated rings. The number of ether oxygens (including phenoxy) is 2. The van der Waals surface area contributed by atoms with Crippen molar-refractivity contribution in [2.45, 2.75) is 34.2 Å². The van der Waals surface area contributed by atoms with E-state index in [0.29, 0.717) is 30.1 Å². The number of hydrogen-bond donors (Lipinski definition) is 0. The highest BCUT2D eigenvalue weighted by Gasteiger charge is 2.20. The van der Waals surface area contributed by atoms with Crippen LogP contribution in [0.2, 0.25) is 0 Å². The largest absolute Gasteiger partial charge is 0.453 e. The van der Waals surface area contributed by atoms with Crippen molar-refractivity contribution in [3.8, 4) is 11.8 Å². The van der Waals surface area contributed by atoms with Crippen LogP contribution >= 0.6 is 0 Å². The zero-order valence-corrected chi connectivity index (χ0v) is 20.5. The number of methoxy groups -OCH3 is 1. The molecule has 0 N–H and O–H groups in total. The van der Waals surface area contributed by atoms with Crippen LogP contribution in [0.1, 0.15) is 38.7 Å². The van der Waals surface area contributed by atoms with Gasteiger partial charge in [0.05, 0.1) is 6.61 Å². The second kappa shape index (κ2) is 11.0. The Labute approximate surface area is 204 Å². The van der Waals surface area contributed by atoms with Crippen molar-refractivity contribution < 1.29 is 23.5 Å². The fraction of sp³-hybridized carbons (Fsp3) is 0.296. The van der Waals surface area contributed by atoms with Gasteiger partial charge < -0.3 is 18.6 Å². The predicted octanol–water partition coefficient (Wildman–Crippen LogP) is 4.63. The van der Waals surface area contributed by atoms with Crippen LogP contribution in [-0.4, -0.2) is 41.2 Å². The molecule has 0 unspecified atom stereocenters. The quantitative estimate of drug-likeness (QED) is 0.194. The summed E-state index contributed by atoms with van der Waals surface area (Å²) in [4.78, 5) is 25.4. The lowest BCUT2D eigenvalue weighted by Crippen LogP contribution is -2.16. The Morgan fingerprint density at radius 2 is 1.83 bits per heavy atom. The van der Waals surface area contributed by atoms with Crippen LogP contribution in [0, 0.1) is 44.8 Å². The summed E-state index contributed by atoms with van der Waals surface area (Å²) in [6.07, 6.45) is 1.47. The third-order valence-corrected chi connectivity index (χ3v) is 5.90. The van der Waals surface area contributed by atoms with Crippen molar-refractivity contribution in [1.29, 1.82) is 5.26 Å². The average Bonchev–Trinajstić information content (AvgIpc) is 3.27. The number of Topliss-reactive ketones (excluding diaryl/α,β-unsaturated/α-hetero) is 1. The summed E-state index contributed by atoms with van der Waals surface area (Å²) >= 11 is 0. The van der Waals surface area contributed by atoms with Gasteiger partial charge in [0.15, 0.2) is 6.61 Å². The van der Waals surface area contributed by atoms with Crippen LogP contribution < -0.4 is 0 Å². The first kappa shape index (κ1) is 25.7. The topological polar surface area (TPSA) is 86.2 Å². The maximum absolute atomic E-state index is 13.7. The second-order valence-electron chi connectivity index (χ2n) is 8.24. The first-order valence-electron chi connectivity index (χ1n) is 11.1. The van der Waals surface area contributed by atoms with E-state index < -0.39 is 18.4 Å². The number of nitriles is 1. The molecule has 0 aliphatic rings. The van der Waals surface area contributed by atoms with E-state index in [9.17, 15) is 19.2 Å². The van der Waals surface area contributed by atoms with Gasteiger partial charge in [-0.1, -0.05) is 6.07 Å². The molecule has 2 heterocycles. The minimum atomic E-state index is -0.874. The monoisotopic (exact) mass is 477 g/mol. The van der Waals surface area contributed by atoms with Crippen LogP contribution in [0.5, 0.6) is 0 Å². The van der Waals surface area contributed by atoms with E-state index in [2.05, 4.69) is 0 Å². The van der Waals surface area contributed by atoms with Gasteiger partial charge in [0.2, 0.25) is 5.78 Å². The van der Waals surface area contributed by atoms with Gasteiger partial charge in [-0.05, 0) is 69.7 Å². The molecular formula is C27H28FN3O4. The molecule has 0 atom stereocenters. The number of hydrogen-bond acceptors (Lipinski definition) is 5. The highest BCUT2D eigenvalue weighted by molar-refractivity contribution is 6.02. The number of carbonyl (C=O) groups is 2. The highest BCUT2D eigenvalue weighted by atomic mass is 19.1. The molecule has 0 spiro atoms. The fourth-order valence-corrected chi connectivity index (χ4v) is 4.14. The number of rotatable bonds is 9. The zero-order valence-electron chi connectivity index (χ0n) is 20.5. The van der Waals surface area contributed by atoms with E-state index >= 15 is 0 Å². The van der Waals surface area contributed by atoms with Gasteiger partial charge in [-0.15, -0.1) is 0 Å². The predicted molar refractivity (Wildman–Crippen MR) is 130 cm³/mol. The fourth-order valence-electron chi connectivity index (χ4n) is 4.14. The van der Waals surface area contributed by atoms with Gasteiger partial charge in [-0.2, -0.15) is 5.26 Å². The summed E-state index contributed by atoms with van der Waals surface area (Å²) < 4.78 is 27.8. The van der Waals surface area contributed by atoms with Crippen LogP contribution in [-0.2, 0) is 20.8 Å². The summed E-state index contributed by atoms with van der Waals surface area (Å²) in [5.41, 5.74) is 4.68. The Hall–Kier alpha value is -3.96. The van der Waals surface area contributed by atoms with Crippen LogP contribution in [0.15, 0.2) is 42.0 Å².